The van der Waals surface area contributed by atoms with Crippen LogP contribution in [0.1, 0.15) is 52.3 Å². The maximum Gasteiger partial charge on any atom is 0.414 e. The van der Waals surface area contributed by atoms with Crippen molar-refractivity contribution in [2.24, 2.45) is 5.92 Å². The lowest BCUT2D eigenvalue weighted by Gasteiger charge is -2.36. The molecule has 0 bridgehead atoms. The zero-order chi connectivity index (χ0) is 18.4. The molecular weight excluding hydrogens is 314 g/mol. The predicted molar refractivity (Wildman–Crippen MR) is 100 cm³/mol. The Kier molecular flexibility index (Phi) is 4.35. The lowest BCUT2D eigenvalue weighted by molar-refractivity contribution is 0.0324. The van der Waals surface area contributed by atoms with E-state index in [9.17, 15) is 4.79 Å². The van der Waals surface area contributed by atoms with Crippen LogP contribution in [-0.2, 0) is 4.74 Å². The van der Waals surface area contributed by atoms with Gasteiger partial charge in [0.15, 0.2) is 0 Å². The van der Waals surface area contributed by atoms with E-state index in [1.807, 2.05) is 39.8 Å². The van der Waals surface area contributed by atoms with Gasteiger partial charge in [0.2, 0.25) is 0 Å². The van der Waals surface area contributed by atoms with Gasteiger partial charge in [-0.2, -0.15) is 5.10 Å². The number of rotatable bonds is 1. The van der Waals surface area contributed by atoms with E-state index in [4.69, 9.17) is 4.74 Å². The third kappa shape index (κ3) is 3.55. The van der Waals surface area contributed by atoms with Crippen LogP contribution in [0.5, 0.6) is 0 Å². The number of hydrogen-bond donors (Lipinski definition) is 1. The number of nitrogens with one attached hydrogen (secondary N) is 1. The second-order valence-electron chi connectivity index (χ2n) is 8.11. The molecule has 3 rings (SSSR count). The Morgan fingerprint density at radius 3 is 2.72 bits per heavy atom. The van der Waals surface area contributed by atoms with Gasteiger partial charge in [0.05, 0.1) is 11.2 Å². The summed E-state index contributed by atoms with van der Waals surface area (Å²) in [6.07, 6.45) is 0.703. The number of amides is 1. The number of carbonyl (C=O) groups is 1. The van der Waals surface area contributed by atoms with E-state index in [0.717, 1.165) is 34.3 Å². The monoisotopic (exact) mass is 341 g/mol. The molecule has 0 aliphatic carbocycles. The number of ether oxygens (including phenoxy) is 1. The second-order valence-corrected chi connectivity index (χ2v) is 8.11. The zero-order valence-electron chi connectivity index (χ0n) is 15.9. The summed E-state index contributed by atoms with van der Waals surface area (Å²) >= 11 is 0. The lowest BCUT2D eigenvalue weighted by atomic mass is 9.92. The van der Waals surface area contributed by atoms with E-state index < -0.39 is 5.60 Å². The molecule has 134 valence electrons. The van der Waals surface area contributed by atoms with Crippen LogP contribution in [0.4, 0.5) is 4.79 Å². The Balaban J connectivity index is 2.06. The maximum atomic E-state index is 12.8. The predicted octanol–water partition coefficient (Wildman–Crippen LogP) is 4.88. The highest BCUT2D eigenvalue weighted by atomic mass is 16.6. The van der Waals surface area contributed by atoms with Crippen molar-refractivity contribution in [2.45, 2.75) is 53.6 Å². The van der Waals surface area contributed by atoms with Crippen molar-refractivity contribution in [1.29, 1.82) is 0 Å². The molecule has 5 nitrogen and oxygen atoms in total. The molecule has 1 amide bonds. The third-order valence-electron chi connectivity index (χ3n) is 4.46. The van der Waals surface area contributed by atoms with E-state index in [-0.39, 0.29) is 6.09 Å². The lowest BCUT2D eigenvalue weighted by Crippen LogP contribution is -2.40. The van der Waals surface area contributed by atoms with E-state index in [1.165, 1.54) is 5.57 Å². The summed E-state index contributed by atoms with van der Waals surface area (Å²) in [5.74, 6) is 0.413. The van der Waals surface area contributed by atoms with Gasteiger partial charge in [-0.25, -0.2) is 4.79 Å². The quantitative estimate of drug-likeness (QED) is 0.804. The highest BCUT2D eigenvalue weighted by Crippen LogP contribution is 2.35. The van der Waals surface area contributed by atoms with E-state index >= 15 is 0 Å². The second kappa shape index (κ2) is 6.21. The van der Waals surface area contributed by atoms with Gasteiger partial charge in [-0.1, -0.05) is 13.0 Å². The molecule has 1 aromatic heterocycles. The number of hydrogen-bond acceptors (Lipinski definition) is 3. The molecule has 1 N–H and O–H groups in total. The largest absolute Gasteiger partial charge is 0.443 e. The fourth-order valence-corrected chi connectivity index (χ4v) is 3.49. The van der Waals surface area contributed by atoms with Gasteiger partial charge in [0.1, 0.15) is 5.60 Å². The normalized spacial score (nSPS) is 18.8. The number of nitrogens with zero attached hydrogens (tertiary/aromatic N) is 2. The molecule has 0 spiro atoms. The molecule has 0 radical (unpaired) electrons. The highest BCUT2D eigenvalue weighted by Gasteiger charge is 2.31. The van der Waals surface area contributed by atoms with E-state index in [1.54, 1.807) is 4.90 Å². The Morgan fingerprint density at radius 2 is 2.04 bits per heavy atom. The first kappa shape index (κ1) is 17.5. The van der Waals surface area contributed by atoms with Crippen LogP contribution in [0.25, 0.3) is 16.6 Å². The number of aryl methyl sites for hydroxylation is 1. The Morgan fingerprint density at radius 1 is 1.32 bits per heavy atom. The van der Waals surface area contributed by atoms with Crippen LogP contribution in [0.3, 0.4) is 0 Å². The number of aromatic nitrogens is 2. The Hall–Kier alpha value is -2.30. The fourth-order valence-electron chi connectivity index (χ4n) is 3.49. The van der Waals surface area contributed by atoms with Gasteiger partial charge in [-0.05, 0) is 70.2 Å². The molecule has 1 aliphatic rings. The summed E-state index contributed by atoms with van der Waals surface area (Å²) in [6.45, 7) is 12.6. The number of aromatic amines is 1. The van der Waals surface area contributed by atoms with Gasteiger partial charge < -0.3 is 4.74 Å². The first-order valence-corrected chi connectivity index (χ1v) is 8.81. The topological polar surface area (TPSA) is 58.2 Å². The van der Waals surface area contributed by atoms with Gasteiger partial charge in [-0.15, -0.1) is 0 Å². The Bertz CT molecular complexity index is 842. The standard InChI is InChI=1S/C20H27N3O2/c1-12-9-13(2)18(23(11-12)19(24)25-20(4,5)6)15-7-8-17-16(10-15)14(3)21-22-17/h7-8,10,12H,9,11H2,1-6H3,(H,21,22). The van der Waals surface area contributed by atoms with Gasteiger partial charge in [0.25, 0.3) is 0 Å². The maximum absolute atomic E-state index is 12.8. The number of H-pyrrole nitrogens is 1. The van der Waals surface area contributed by atoms with Crippen molar-refractivity contribution in [2.75, 3.05) is 6.54 Å². The van der Waals surface area contributed by atoms with Crippen LogP contribution < -0.4 is 0 Å². The molecule has 5 heteroatoms. The minimum Gasteiger partial charge on any atom is -0.443 e. The average molecular weight is 341 g/mol. The van der Waals surface area contributed by atoms with Crippen LogP contribution >= 0.6 is 0 Å². The average Bonchev–Trinajstić information content (AvgIpc) is 2.86. The molecular formula is C20H27N3O2. The van der Waals surface area contributed by atoms with Crippen LogP contribution in [0, 0.1) is 12.8 Å². The summed E-state index contributed by atoms with van der Waals surface area (Å²) in [7, 11) is 0. The molecule has 0 fully saturated rings. The summed E-state index contributed by atoms with van der Waals surface area (Å²) in [5, 5.41) is 8.39. The summed E-state index contributed by atoms with van der Waals surface area (Å²) in [4.78, 5) is 14.6. The Labute approximate surface area is 149 Å². The van der Waals surface area contributed by atoms with E-state index in [0.29, 0.717) is 12.5 Å². The molecule has 0 saturated carbocycles. The zero-order valence-corrected chi connectivity index (χ0v) is 15.9. The van der Waals surface area contributed by atoms with Crippen LogP contribution in [-0.4, -0.2) is 33.3 Å². The van der Waals surface area contributed by atoms with Gasteiger partial charge in [0, 0.05) is 17.6 Å². The summed E-state index contributed by atoms with van der Waals surface area (Å²) in [6, 6.07) is 6.15. The number of benzene rings is 1. The van der Waals surface area contributed by atoms with E-state index in [2.05, 4.69) is 30.1 Å². The van der Waals surface area contributed by atoms with Gasteiger partial charge >= 0.3 is 6.09 Å². The SMILES string of the molecule is CC1=C(c2ccc3n[nH]c(C)c3c2)N(C(=O)OC(C)(C)C)CC(C)C1. The molecule has 25 heavy (non-hydrogen) atoms. The molecule has 1 aliphatic heterocycles. The van der Waals surface area contributed by atoms with Crippen molar-refractivity contribution in [1.82, 2.24) is 15.1 Å². The molecule has 2 heterocycles. The number of carbonyl (C=O) groups excluding carboxylic acids is 1. The first-order valence-electron chi connectivity index (χ1n) is 8.81. The summed E-state index contributed by atoms with van der Waals surface area (Å²) in [5.41, 5.74) is 4.67. The number of fused-ring (bicyclic) bond motifs is 1. The summed E-state index contributed by atoms with van der Waals surface area (Å²) < 4.78 is 5.66. The van der Waals surface area contributed by atoms with Crippen molar-refractivity contribution >= 4 is 22.7 Å². The number of allylic oxidation sites excluding steroid dienone is 1. The third-order valence-corrected chi connectivity index (χ3v) is 4.46. The highest BCUT2D eigenvalue weighted by molar-refractivity contribution is 5.89. The van der Waals surface area contributed by atoms with Gasteiger partial charge in [-0.3, -0.25) is 10.00 Å². The van der Waals surface area contributed by atoms with Crippen molar-refractivity contribution < 1.29 is 9.53 Å². The van der Waals surface area contributed by atoms with Crippen molar-refractivity contribution in [3.05, 3.63) is 35.0 Å². The molecule has 0 saturated heterocycles. The molecule has 1 unspecified atom stereocenters. The minimum atomic E-state index is -0.512. The minimum absolute atomic E-state index is 0.280. The first-order chi connectivity index (χ1) is 11.7. The molecule has 1 atom stereocenters. The smallest absolute Gasteiger partial charge is 0.414 e. The van der Waals surface area contributed by atoms with Crippen LogP contribution in [0.2, 0.25) is 0 Å². The molecule has 2 aromatic rings. The van der Waals surface area contributed by atoms with Crippen LogP contribution in [0.15, 0.2) is 23.8 Å². The fraction of sp³-hybridized carbons (Fsp3) is 0.500. The molecule has 1 aromatic carbocycles. The van der Waals surface area contributed by atoms with Crippen molar-refractivity contribution in [3.8, 4) is 0 Å². The van der Waals surface area contributed by atoms with Crippen molar-refractivity contribution in [3.63, 3.8) is 0 Å².